The fraction of sp³-hybridized carbons (Fsp3) is 0.474. The largest absolute Gasteiger partial charge is 0.387 e. The summed E-state index contributed by atoms with van der Waals surface area (Å²) in [6, 6.07) is -0.0957. The standard InChI is InChI=1S/C19H23N7O4S/c1-31(29,30)17-16(10-4-12-2-3-13(5-10)25(12)15(28)9-27)24-19-14(11-6-21-22-7-11)8-23-26(19)18(17)20/h6-8,10,12-13,27H,2-5,9,20H2,1H3,(H,21,22)/t10?,12-,13+. The van der Waals surface area contributed by atoms with Gasteiger partial charge < -0.3 is 15.7 Å². The molecule has 0 saturated carbocycles. The smallest absolute Gasteiger partial charge is 0.248 e. The highest BCUT2D eigenvalue weighted by atomic mass is 32.2. The zero-order valence-corrected chi connectivity index (χ0v) is 17.7. The molecule has 31 heavy (non-hydrogen) atoms. The highest BCUT2D eigenvalue weighted by Crippen LogP contribution is 2.45. The summed E-state index contributed by atoms with van der Waals surface area (Å²) < 4.78 is 26.8. The van der Waals surface area contributed by atoms with Gasteiger partial charge in [0, 0.05) is 41.6 Å². The van der Waals surface area contributed by atoms with E-state index in [1.54, 1.807) is 23.5 Å². The van der Waals surface area contributed by atoms with Crippen LogP contribution in [0.4, 0.5) is 5.82 Å². The second kappa shape index (κ2) is 7.02. The second-order valence-electron chi connectivity index (χ2n) is 8.28. The Morgan fingerprint density at radius 1 is 1.29 bits per heavy atom. The predicted molar refractivity (Wildman–Crippen MR) is 111 cm³/mol. The average molecular weight is 446 g/mol. The minimum absolute atomic E-state index is 0.00632. The maximum atomic E-state index is 12.7. The number of nitrogen functional groups attached to an aromatic ring is 1. The molecule has 2 aliphatic heterocycles. The molecule has 2 aliphatic rings. The first kappa shape index (κ1) is 19.9. The monoisotopic (exact) mass is 445 g/mol. The van der Waals surface area contributed by atoms with Crippen molar-refractivity contribution in [1.29, 1.82) is 0 Å². The van der Waals surface area contributed by atoms with Crippen molar-refractivity contribution in [3.8, 4) is 11.1 Å². The van der Waals surface area contributed by atoms with Crippen molar-refractivity contribution in [2.75, 3.05) is 18.6 Å². The lowest BCUT2D eigenvalue weighted by molar-refractivity contribution is -0.138. The summed E-state index contributed by atoms with van der Waals surface area (Å²) in [4.78, 5) is 18.7. The molecule has 5 heterocycles. The number of anilines is 1. The van der Waals surface area contributed by atoms with Crippen LogP contribution < -0.4 is 5.73 Å². The number of hydrogen-bond acceptors (Lipinski definition) is 8. The number of hydrogen-bond donors (Lipinski definition) is 3. The molecule has 2 bridgehead atoms. The zero-order valence-electron chi connectivity index (χ0n) is 16.9. The minimum Gasteiger partial charge on any atom is -0.387 e. The summed E-state index contributed by atoms with van der Waals surface area (Å²) in [5, 5.41) is 20.3. The Morgan fingerprint density at radius 2 is 2.00 bits per heavy atom. The van der Waals surface area contributed by atoms with Gasteiger partial charge in [0.15, 0.2) is 15.5 Å². The number of aliphatic hydroxyl groups excluding tert-OH is 1. The van der Waals surface area contributed by atoms with Gasteiger partial charge >= 0.3 is 0 Å². The van der Waals surface area contributed by atoms with Gasteiger partial charge in [-0.2, -0.15) is 14.7 Å². The molecular formula is C19H23N7O4S. The van der Waals surface area contributed by atoms with Crippen molar-refractivity contribution in [3.05, 3.63) is 24.3 Å². The molecular weight excluding hydrogens is 422 g/mol. The number of fused-ring (bicyclic) bond motifs is 3. The number of H-pyrrole nitrogens is 1. The number of aromatic nitrogens is 5. The first-order valence-electron chi connectivity index (χ1n) is 10.1. The molecule has 11 nitrogen and oxygen atoms in total. The molecule has 12 heteroatoms. The van der Waals surface area contributed by atoms with Crippen LogP contribution in [0.3, 0.4) is 0 Å². The number of carbonyl (C=O) groups excluding carboxylic acids is 1. The Balaban J connectivity index is 1.66. The number of nitrogens with two attached hydrogens (primary N) is 1. The molecule has 5 rings (SSSR count). The van der Waals surface area contributed by atoms with E-state index in [0.29, 0.717) is 29.7 Å². The number of sulfone groups is 1. The van der Waals surface area contributed by atoms with Gasteiger partial charge in [-0.15, -0.1) is 0 Å². The fourth-order valence-corrected chi connectivity index (χ4v) is 6.22. The summed E-state index contributed by atoms with van der Waals surface area (Å²) >= 11 is 0. The molecule has 3 atom stereocenters. The van der Waals surface area contributed by atoms with Crippen LogP contribution in [0.2, 0.25) is 0 Å². The maximum absolute atomic E-state index is 12.7. The molecule has 0 aromatic carbocycles. The lowest BCUT2D eigenvalue weighted by Gasteiger charge is -2.39. The van der Waals surface area contributed by atoms with Gasteiger partial charge in [-0.25, -0.2) is 13.4 Å². The van der Waals surface area contributed by atoms with Crippen LogP contribution in [-0.2, 0) is 14.6 Å². The van der Waals surface area contributed by atoms with E-state index in [0.717, 1.165) is 24.7 Å². The molecule has 0 radical (unpaired) electrons. The summed E-state index contributed by atoms with van der Waals surface area (Å²) in [7, 11) is -3.69. The van der Waals surface area contributed by atoms with Crippen molar-refractivity contribution < 1.29 is 18.3 Å². The zero-order chi connectivity index (χ0) is 21.9. The van der Waals surface area contributed by atoms with Crippen molar-refractivity contribution in [2.45, 2.75) is 48.6 Å². The van der Waals surface area contributed by atoms with Gasteiger partial charge in [-0.1, -0.05) is 0 Å². The Bertz CT molecular complexity index is 1250. The first-order valence-corrected chi connectivity index (χ1v) is 12.0. The van der Waals surface area contributed by atoms with Crippen molar-refractivity contribution in [3.63, 3.8) is 0 Å². The molecule has 2 fully saturated rings. The lowest BCUT2D eigenvalue weighted by atomic mass is 9.87. The third-order valence-corrected chi connectivity index (χ3v) is 7.55. The number of carbonyl (C=O) groups is 1. The van der Waals surface area contributed by atoms with Crippen LogP contribution in [-0.4, -0.2) is 74.1 Å². The van der Waals surface area contributed by atoms with E-state index < -0.39 is 16.4 Å². The molecule has 2 saturated heterocycles. The molecule has 0 spiro atoms. The molecule has 1 unspecified atom stereocenters. The van der Waals surface area contributed by atoms with E-state index in [1.165, 1.54) is 4.52 Å². The van der Waals surface area contributed by atoms with E-state index in [1.807, 2.05) is 0 Å². The summed E-state index contributed by atoms with van der Waals surface area (Å²) in [6.07, 6.45) is 8.85. The number of rotatable bonds is 4. The third-order valence-electron chi connectivity index (χ3n) is 6.39. The average Bonchev–Trinajstić information content (AvgIpc) is 3.44. The quantitative estimate of drug-likeness (QED) is 0.518. The van der Waals surface area contributed by atoms with Gasteiger partial charge in [0.1, 0.15) is 17.3 Å². The second-order valence-corrected chi connectivity index (χ2v) is 10.2. The van der Waals surface area contributed by atoms with E-state index >= 15 is 0 Å². The van der Waals surface area contributed by atoms with Gasteiger partial charge in [-0.05, 0) is 25.7 Å². The number of aliphatic hydroxyl groups is 1. The molecule has 3 aromatic rings. The van der Waals surface area contributed by atoms with E-state index in [2.05, 4.69) is 15.3 Å². The topological polar surface area (TPSA) is 160 Å². The van der Waals surface area contributed by atoms with Gasteiger partial charge in [-0.3, -0.25) is 9.89 Å². The predicted octanol–water partition coefficient (Wildman–Crippen LogP) is 0.334. The molecule has 0 aliphatic carbocycles. The van der Waals surface area contributed by atoms with Crippen molar-refractivity contribution >= 4 is 27.2 Å². The Morgan fingerprint density at radius 3 is 2.58 bits per heavy atom. The number of piperidine rings is 1. The number of amides is 1. The van der Waals surface area contributed by atoms with Gasteiger partial charge in [0.2, 0.25) is 5.91 Å². The van der Waals surface area contributed by atoms with Crippen LogP contribution in [0.5, 0.6) is 0 Å². The Labute approximate surface area is 178 Å². The molecule has 164 valence electrons. The van der Waals surface area contributed by atoms with Crippen molar-refractivity contribution in [2.24, 2.45) is 0 Å². The van der Waals surface area contributed by atoms with Crippen molar-refractivity contribution in [1.82, 2.24) is 29.7 Å². The Hall–Kier alpha value is -2.99. The lowest BCUT2D eigenvalue weighted by Crippen LogP contribution is -2.47. The third kappa shape index (κ3) is 3.08. The minimum atomic E-state index is -3.69. The van der Waals surface area contributed by atoms with Crippen LogP contribution in [0.15, 0.2) is 23.5 Å². The summed E-state index contributed by atoms with van der Waals surface area (Å²) in [6.45, 7) is -0.521. The van der Waals surface area contributed by atoms with Gasteiger partial charge in [0.05, 0.1) is 18.1 Å². The highest BCUT2D eigenvalue weighted by molar-refractivity contribution is 7.91. The van der Waals surface area contributed by atoms with Crippen LogP contribution in [0.25, 0.3) is 16.8 Å². The van der Waals surface area contributed by atoms with Crippen LogP contribution in [0.1, 0.15) is 37.3 Å². The van der Waals surface area contributed by atoms with Gasteiger partial charge in [0.25, 0.3) is 0 Å². The molecule has 1 amide bonds. The van der Waals surface area contributed by atoms with E-state index in [-0.39, 0.29) is 34.6 Å². The summed E-state index contributed by atoms with van der Waals surface area (Å²) in [5.74, 6) is -0.432. The molecule has 4 N–H and O–H groups in total. The normalized spacial score (nSPS) is 23.5. The maximum Gasteiger partial charge on any atom is 0.248 e. The fourth-order valence-electron chi connectivity index (χ4n) is 5.17. The van der Waals surface area contributed by atoms with Crippen LogP contribution in [0, 0.1) is 0 Å². The number of nitrogens with zero attached hydrogens (tertiary/aromatic N) is 5. The Kier molecular flexibility index (Phi) is 4.52. The molecule has 3 aromatic heterocycles. The van der Waals surface area contributed by atoms with E-state index in [4.69, 9.17) is 10.7 Å². The van der Waals surface area contributed by atoms with E-state index in [9.17, 15) is 18.3 Å². The highest BCUT2D eigenvalue weighted by Gasteiger charge is 2.45. The number of aromatic amines is 1. The van der Waals surface area contributed by atoms with Crippen LogP contribution >= 0.6 is 0 Å². The first-order chi connectivity index (χ1) is 14.8. The SMILES string of the molecule is CS(=O)(=O)c1c(C2C[C@H]3CC[C@@H](C2)N3C(=O)CO)nc2c(-c3cn[nH]c3)cnn2c1N. The number of nitrogens with one attached hydrogen (secondary N) is 1. The summed E-state index contributed by atoms with van der Waals surface area (Å²) in [5.41, 5.74) is 8.66.